The Bertz CT molecular complexity index is 824. The van der Waals surface area contributed by atoms with Gasteiger partial charge < -0.3 is 0 Å². The fourth-order valence-corrected chi connectivity index (χ4v) is 2.10. The number of para-hydroxylation sites is 1. The van der Waals surface area contributed by atoms with Crippen LogP contribution in [0.5, 0.6) is 0 Å². The maximum Gasteiger partial charge on any atom is 0.215 e. The van der Waals surface area contributed by atoms with Crippen LogP contribution in [0.4, 0.5) is 0 Å². The minimum atomic E-state index is 0.418. The lowest BCUT2D eigenvalue weighted by atomic mass is 10.3. The summed E-state index contributed by atoms with van der Waals surface area (Å²) in [6.45, 7) is 0. The highest BCUT2D eigenvalue weighted by Gasteiger charge is 1.99. The van der Waals surface area contributed by atoms with Crippen LogP contribution < -0.4 is 0 Å². The monoisotopic (exact) mass is 302 g/mol. The minimum Gasteiger partial charge on any atom is -0.273 e. The molecule has 0 spiro atoms. The average Bonchev–Trinajstić information content (AvgIpc) is 3.06. The zero-order chi connectivity index (χ0) is 13.9. The summed E-state index contributed by atoms with van der Waals surface area (Å²) in [5, 5.41) is 13.9. The van der Waals surface area contributed by atoms with Gasteiger partial charge in [0.1, 0.15) is 0 Å². The van der Waals surface area contributed by atoms with Gasteiger partial charge >= 0.3 is 0 Å². The Morgan fingerprint density at radius 1 is 1.10 bits per heavy atom. The largest absolute Gasteiger partial charge is 0.273 e. The van der Waals surface area contributed by atoms with E-state index in [2.05, 4.69) is 20.4 Å². The lowest BCUT2D eigenvalue weighted by Gasteiger charge is -1.98. The van der Waals surface area contributed by atoms with Crippen molar-refractivity contribution < 1.29 is 0 Å². The van der Waals surface area contributed by atoms with Crippen LogP contribution in [0.25, 0.3) is 5.69 Å². The number of nitrogens with zero attached hydrogens (tertiary/aromatic N) is 4. The smallest absolute Gasteiger partial charge is 0.215 e. The van der Waals surface area contributed by atoms with E-state index in [0.717, 1.165) is 11.3 Å². The topological polar surface area (TPSA) is 66.7 Å². The van der Waals surface area contributed by atoms with E-state index in [1.54, 1.807) is 17.1 Å². The maximum atomic E-state index is 5.04. The van der Waals surface area contributed by atoms with E-state index in [-0.39, 0.29) is 0 Å². The van der Waals surface area contributed by atoms with Gasteiger partial charge in [0.25, 0.3) is 0 Å². The number of hydrogen-bond donors (Lipinski definition) is 2. The minimum absolute atomic E-state index is 0.418. The molecule has 0 amide bonds. The van der Waals surface area contributed by atoms with E-state index in [1.165, 1.54) is 4.68 Å². The molecule has 6 nitrogen and oxygen atoms in total. The quantitative estimate of drug-likeness (QED) is 0.577. The van der Waals surface area contributed by atoms with Gasteiger partial charge in [0, 0.05) is 11.8 Å². The van der Waals surface area contributed by atoms with Crippen LogP contribution in [0.1, 0.15) is 5.56 Å². The number of rotatable bonds is 3. The molecule has 2 heterocycles. The summed E-state index contributed by atoms with van der Waals surface area (Å²) < 4.78 is 4.05. The molecule has 0 aliphatic heterocycles. The molecule has 0 fully saturated rings. The first-order valence-corrected chi connectivity index (χ1v) is 6.60. The highest BCUT2D eigenvalue weighted by Crippen LogP contribution is 2.06. The summed E-state index contributed by atoms with van der Waals surface area (Å²) in [7, 11) is 0. The van der Waals surface area contributed by atoms with Crippen molar-refractivity contribution in [3.8, 4) is 5.69 Å². The van der Waals surface area contributed by atoms with Crippen LogP contribution >= 0.6 is 24.4 Å². The van der Waals surface area contributed by atoms with Crippen LogP contribution in [0.15, 0.2) is 47.8 Å². The van der Waals surface area contributed by atoms with Crippen molar-refractivity contribution in [2.24, 2.45) is 5.10 Å². The molecule has 0 atom stereocenters. The third kappa shape index (κ3) is 2.51. The molecule has 0 saturated heterocycles. The second-order valence-electron chi connectivity index (χ2n) is 3.97. The fourth-order valence-electron chi connectivity index (χ4n) is 1.66. The van der Waals surface area contributed by atoms with Crippen LogP contribution in [-0.4, -0.2) is 30.9 Å². The van der Waals surface area contributed by atoms with Crippen molar-refractivity contribution in [2.45, 2.75) is 0 Å². The van der Waals surface area contributed by atoms with Crippen LogP contribution in [-0.2, 0) is 0 Å². The van der Waals surface area contributed by atoms with Crippen LogP contribution in [0, 0.1) is 9.54 Å². The molecular formula is C12H10N6S2. The van der Waals surface area contributed by atoms with Gasteiger partial charge in [0.2, 0.25) is 9.54 Å². The molecular weight excluding hydrogens is 292 g/mol. The van der Waals surface area contributed by atoms with Crippen molar-refractivity contribution >= 4 is 30.7 Å². The molecule has 2 N–H and O–H groups in total. The molecule has 8 heteroatoms. The molecule has 0 aliphatic rings. The summed E-state index contributed by atoms with van der Waals surface area (Å²) >= 11 is 10.1. The molecule has 20 heavy (non-hydrogen) atoms. The van der Waals surface area contributed by atoms with Gasteiger partial charge in [-0.25, -0.2) is 4.68 Å². The normalized spacial score (nSPS) is 11.2. The van der Waals surface area contributed by atoms with Gasteiger partial charge in [0.15, 0.2) is 0 Å². The summed E-state index contributed by atoms with van der Waals surface area (Å²) in [4.78, 5) is 0. The number of nitrogens with one attached hydrogen (secondary N) is 2. The second-order valence-corrected chi connectivity index (χ2v) is 4.74. The molecule has 3 rings (SSSR count). The van der Waals surface area contributed by atoms with Crippen molar-refractivity contribution in [3.05, 3.63) is 57.8 Å². The Balaban J connectivity index is 1.89. The number of aromatic nitrogens is 5. The molecule has 0 bridgehead atoms. The average molecular weight is 302 g/mol. The number of aromatic amines is 2. The van der Waals surface area contributed by atoms with Crippen molar-refractivity contribution in [2.75, 3.05) is 0 Å². The predicted octanol–water partition coefficient (Wildman–Crippen LogP) is 2.67. The standard InChI is InChI=1S/C12H10N6S2/c19-11-15-16-12(20)18(11)14-7-9-6-13-17(8-9)10-4-2-1-3-5-10/h1-8H,(H,15,19)(H,16,20)/b14-7-. The maximum absolute atomic E-state index is 5.04. The predicted molar refractivity (Wildman–Crippen MR) is 81.4 cm³/mol. The third-order valence-electron chi connectivity index (χ3n) is 2.61. The highest BCUT2D eigenvalue weighted by atomic mass is 32.1. The van der Waals surface area contributed by atoms with Crippen LogP contribution in [0.2, 0.25) is 0 Å². The van der Waals surface area contributed by atoms with Crippen molar-refractivity contribution in [1.29, 1.82) is 0 Å². The van der Waals surface area contributed by atoms with E-state index < -0.39 is 0 Å². The van der Waals surface area contributed by atoms with Crippen molar-refractivity contribution in [3.63, 3.8) is 0 Å². The SMILES string of the molecule is S=c1[nH][nH]c(=S)n1/N=C\c1cnn(-c2ccccc2)c1. The van der Waals surface area contributed by atoms with E-state index >= 15 is 0 Å². The summed E-state index contributed by atoms with van der Waals surface area (Å²) in [5.74, 6) is 0. The molecule has 1 aromatic carbocycles. The first kappa shape index (κ1) is 12.7. The summed E-state index contributed by atoms with van der Waals surface area (Å²) in [6.07, 6.45) is 5.25. The van der Waals surface area contributed by atoms with Crippen LogP contribution in [0.3, 0.4) is 0 Å². The Kier molecular flexibility index (Phi) is 3.40. The number of hydrogen-bond acceptors (Lipinski definition) is 4. The van der Waals surface area contributed by atoms with Gasteiger partial charge in [-0.15, -0.1) is 0 Å². The molecule has 0 unspecified atom stereocenters. The van der Waals surface area contributed by atoms with E-state index in [9.17, 15) is 0 Å². The molecule has 0 radical (unpaired) electrons. The van der Waals surface area contributed by atoms with E-state index in [4.69, 9.17) is 24.4 Å². The van der Waals surface area contributed by atoms with E-state index in [1.807, 2.05) is 36.5 Å². The molecule has 0 aliphatic carbocycles. The Labute approximate surface area is 124 Å². The Morgan fingerprint density at radius 3 is 2.50 bits per heavy atom. The lowest BCUT2D eigenvalue weighted by molar-refractivity contribution is 0.848. The van der Waals surface area contributed by atoms with Gasteiger partial charge in [-0.05, 0) is 36.6 Å². The summed E-state index contributed by atoms with van der Waals surface area (Å²) in [5.41, 5.74) is 1.84. The van der Waals surface area contributed by atoms with Gasteiger partial charge in [-0.1, -0.05) is 18.2 Å². The fraction of sp³-hybridized carbons (Fsp3) is 0. The first-order chi connectivity index (χ1) is 9.74. The number of H-pyrrole nitrogens is 2. The first-order valence-electron chi connectivity index (χ1n) is 5.78. The Hall–Kier alpha value is -2.32. The molecule has 100 valence electrons. The summed E-state index contributed by atoms with van der Waals surface area (Å²) in [6, 6.07) is 9.84. The van der Waals surface area contributed by atoms with E-state index in [0.29, 0.717) is 9.54 Å². The van der Waals surface area contributed by atoms with Crippen molar-refractivity contribution in [1.82, 2.24) is 24.7 Å². The number of benzene rings is 1. The molecule has 0 saturated carbocycles. The highest BCUT2D eigenvalue weighted by molar-refractivity contribution is 7.72. The lowest BCUT2D eigenvalue weighted by Crippen LogP contribution is -1.93. The van der Waals surface area contributed by atoms with Gasteiger partial charge in [-0.2, -0.15) is 14.9 Å². The third-order valence-corrected chi connectivity index (χ3v) is 3.16. The Morgan fingerprint density at radius 2 is 1.80 bits per heavy atom. The molecule has 3 aromatic rings. The second kappa shape index (κ2) is 5.35. The van der Waals surface area contributed by atoms with Gasteiger partial charge in [0.05, 0.1) is 18.1 Å². The van der Waals surface area contributed by atoms with Gasteiger partial charge in [-0.3, -0.25) is 10.2 Å². The zero-order valence-corrected chi connectivity index (χ0v) is 11.9. The zero-order valence-electron chi connectivity index (χ0n) is 10.2. The molecule has 2 aromatic heterocycles.